The van der Waals surface area contributed by atoms with E-state index in [1.807, 2.05) is 42.5 Å². The molecule has 0 unspecified atom stereocenters. The van der Waals surface area contributed by atoms with E-state index in [4.69, 9.17) is 4.74 Å². The summed E-state index contributed by atoms with van der Waals surface area (Å²) in [5.74, 6) is 0.754. The van der Waals surface area contributed by atoms with Crippen molar-refractivity contribution in [2.24, 2.45) is 0 Å². The van der Waals surface area contributed by atoms with Gasteiger partial charge in [-0.1, -0.05) is 18.2 Å². The SMILES string of the molecule is COc1ccc2c(=O)n(-c3ccccc3)ccc2c1. The molecule has 0 aliphatic carbocycles. The number of hydrogen-bond acceptors (Lipinski definition) is 2. The number of rotatable bonds is 2. The molecule has 19 heavy (non-hydrogen) atoms. The van der Waals surface area contributed by atoms with Crippen molar-refractivity contribution in [2.45, 2.75) is 0 Å². The van der Waals surface area contributed by atoms with E-state index in [1.165, 1.54) is 0 Å². The fraction of sp³-hybridized carbons (Fsp3) is 0.0625. The molecule has 0 spiro atoms. The molecule has 1 aromatic heterocycles. The van der Waals surface area contributed by atoms with Gasteiger partial charge in [-0.15, -0.1) is 0 Å². The Kier molecular flexibility index (Phi) is 2.80. The molecule has 0 fully saturated rings. The van der Waals surface area contributed by atoms with Gasteiger partial charge >= 0.3 is 0 Å². The molecular formula is C16H13NO2. The molecule has 0 aliphatic heterocycles. The quantitative estimate of drug-likeness (QED) is 0.701. The Morgan fingerprint density at radius 3 is 2.53 bits per heavy atom. The first-order valence-corrected chi connectivity index (χ1v) is 6.04. The normalized spacial score (nSPS) is 10.6. The average Bonchev–Trinajstić information content (AvgIpc) is 2.48. The zero-order valence-corrected chi connectivity index (χ0v) is 10.5. The van der Waals surface area contributed by atoms with Gasteiger partial charge in [0.2, 0.25) is 0 Å². The lowest BCUT2D eigenvalue weighted by atomic mass is 10.1. The first-order chi connectivity index (χ1) is 9.29. The lowest BCUT2D eigenvalue weighted by molar-refractivity contribution is 0.415. The van der Waals surface area contributed by atoms with Crippen molar-refractivity contribution >= 4 is 10.8 Å². The van der Waals surface area contributed by atoms with Crippen LogP contribution in [0.3, 0.4) is 0 Å². The highest BCUT2D eigenvalue weighted by Gasteiger charge is 2.05. The molecule has 0 atom stereocenters. The van der Waals surface area contributed by atoms with Crippen molar-refractivity contribution in [3.63, 3.8) is 0 Å². The lowest BCUT2D eigenvalue weighted by Crippen LogP contribution is -2.17. The fourth-order valence-corrected chi connectivity index (χ4v) is 2.14. The van der Waals surface area contributed by atoms with Gasteiger partial charge in [0.15, 0.2) is 0 Å². The van der Waals surface area contributed by atoms with E-state index in [9.17, 15) is 4.79 Å². The molecular weight excluding hydrogens is 238 g/mol. The van der Waals surface area contributed by atoms with Crippen LogP contribution in [0.4, 0.5) is 0 Å². The second-order valence-electron chi connectivity index (χ2n) is 4.28. The standard InChI is InChI=1S/C16H13NO2/c1-19-14-7-8-15-12(11-14)9-10-17(16(15)18)13-5-3-2-4-6-13/h2-11H,1H3. The van der Waals surface area contributed by atoms with Gasteiger partial charge in [0.1, 0.15) is 5.75 Å². The Morgan fingerprint density at radius 2 is 1.79 bits per heavy atom. The molecule has 3 nitrogen and oxygen atoms in total. The summed E-state index contributed by atoms with van der Waals surface area (Å²) in [7, 11) is 1.62. The van der Waals surface area contributed by atoms with Gasteiger partial charge < -0.3 is 4.74 Å². The Bertz CT molecular complexity index is 776. The van der Waals surface area contributed by atoms with Crippen LogP contribution in [-0.4, -0.2) is 11.7 Å². The number of ether oxygens (including phenoxy) is 1. The van der Waals surface area contributed by atoms with E-state index >= 15 is 0 Å². The fourth-order valence-electron chi connectivity index (χ4n) is 2.14. The molecule has 1 heterocycles. The zero-order valence-electron chi connectivity index (χ0n) is 10.5. The first-order valence-electron chi connectivity index (χ1n) is 6.04. The zero-order chi connectivity index (χ0) is 13.2. The third kappa shape index (κ3) is 1.99. The molecule has 0 saturated heterocycles. The lowest BCUT2D eigenvalue weighted by Gasteiger charge is -2.08. The minimum atomic E-state index is -0.0219. The van der Waals surface area contributed by atoms with E-state index in [2.05, 4.69) is 0 Å². The second-order valence-corrected chi connectivity index (χ2v) is 4.28. The highest BCUT2D eigenvalue weighted by atomic mass is 16.5. The molecule has 94 valence electrons. The number of nitrogens with zero attached hydrogens (tertiary/aromatic N) is 1. The molecule has 0 amide bonds. The van der Waals surface area contributed by atoms with Crippen molar-refractivity contribution in [1.29, 1.82) is 0 Å². The number of aromatic nitrogens is 1. The summed E-state index contributed by atoms with van der Waals surface area (Å²) in [5.41, 5.74) is 0.844. The van der Waals surface area contributed by atoms with Gasteiger partial charge in [-0.2, -0.15) is 0 Å². The van der Waals surface area contributed by atoms with Crippen molar-refractivity contribution in [1.82, 2.24) is 4.57 Å². The van der Waals surface area contributed by atoms with Gasteiger partial charge in [0, 0.05) is 17.3 Å². The highest BCUT2D eigenvalue weighted by molar-refractivity contribution is 5.83. The summed E-state index contributed by atoms with van der Waals surface area (Å²) in [5, 5.41) is 1.57. The monoisotopic (exact) mass is 251 g/mol. The van der Waals surface area contributed by atoms with Gasteiger partial charge in [0.05, 0.1) is 7.11 Å². The van der Waals surface area contributed by atoms with Crippen molar-refractivity contribution in [3.8, 4) is 11.4 Å². The van der Waals surface area contributed by atoms with Gasteiger partial charge in [-0.05, 0) is 41.8 Å². The largest absolute Gasteiger partial charge is 0.497 e. The molecule has 3 rings (SSSR count). The molecule has 3 heteroatoms. The minimum Gasteiger partial charge on any atom is -0.497 e. The Labute approximate surface area is 110 Å². The maximum Gasteiger partial charge on any atom is 0.262 e. The van der Waals surface area contributed by atoms with Crippen LogP contribution in [-0.2, 0) is 0 Å². The summed E-state index contributed by atoms with van der Waals surface area (Å²) in [6, 6.07) is 17.0. The number of methoxy groups -OCH3 is 1. The van der Waals surface area contributed by atoms with Crippen LogP contribution in [0.25, 0.3) is 16.5 Å². The van der Waals surface area contributed by atoms with Gasteiger partial charge in [0.25, 0.3) is 5.56 Å². The molecule has 0 N–H and O–H groups in total. The van der Waals surface area contributed by atoms with Gasteiger partial charge in [-0.3, -0.25) is 9.36 Å². The molecule has 0 saturated carbocycles. The van der Waals surface area contributed by atoms with Crippen molar-refractivity contribution < 1.29 is 4.74 Å². The van der Waals surface area contributed by atoms with E-state index in [0.29, 0.717) is 5.39 Å². The van der Waals surface area contributed by atoms with Crippen LogP contribution in [0, 0.1) is 0 Å². The predicted molar refractivity (Wildman–Crippen MR) is 76.1 cm³/mol. The Balaban J connectivity index is 2.25. The topological polar surface area (TPSA) is 31.2 Å². The third-order valence-corrected chi connectivity index (χ3v) is 3.15. The summed E-state index contributed by atoms with van der Waals surface area (Å²) in [6.07, 6.45) is 1.79. The van der Waals surface area contributed by atoms with Crippen LogP contribution in [0.5, 0.6) is 5.75 Å². The minimum absolute atomic E-state index is 0.0219. The van der Waals surface area contributed by atoms with Gasteiger partial charge in [-0.25, -0.2) is 0 Å². The maximum absolute atomic E-state index is 12.5. The van der Waals surface area contributed by atoms with Crippen molar-refractivity contribution in [2.75, 3.05) is 7.11 Å². The second kappa shape index (κ2) is 4.61. The predicted octanol–water partition coefficient (Wildman–Crippen LogP) is 3.00. The third-order valence-electron chi connectivity index (χ3n) is 3.15. The number of para-hydroxylation sites is 1. The number of hydrogen-bond donors (Lipinski definition) is 0. The molecule has 0 radical (unpaired) electrons. The molecule has 2 aromatic carbocycles. The smallest absolute Gasteiger partial charge is 0.262 e. The molecule has 3 aromatic rings. The number of pyridine rings is 1. The van der Waals surface area contributed by atoms with Crippen LogP contribution in [0.15, 0.2) is 65.6 Å². The molecule has 0 bridgehead atoms. The van der Waals surface area contributed by atoms with Crippen LogP contribution < -0.4 is 10.3 Å². The molecule has 0 aliphatic rings. The average molecular weight is 251 g/mol. The van der Waals surface area contributed by atoms with Crippen LogP contribution >= 0.6 is 0 Å². The summed E-state index contributed by atoms with van der Waals surface area (Å²) in [4.78, 5) is 12.5. The van der Waals surface area contributed by atoms with E-state index < -0.39 is 0 Å². The van der Waals surface area contributed by atoms with E-state index in [0.717, 1.165) is 16.8 Å². The number of benzene rings is 2. The van der Waals surface area contributed by atoms with Crippen molar-refractivity contribution in [3.05, 3.63) is 71.1 Å². The summed E-state index contributed by atoms with van der Waals surface area (Å²) < 4.78 is 6.82. The Hall–Kier alpha value is -2.55. The summed E-state index contributed by atoms with van der Waals surface area (Å²) >= 11 is 0. The van der Waals surface area contributed by atoms with Crippen LogP contribution in [0.2, 0.25) is 0 Å². The van der Waals surface area contributed by atoms with E-state index in [1.54, 1.807) is 30.0 Å². The highest BCUT2D eigenvalue weighted by Crippen LogP contribution is 2.18. The van der Waals surface area contributed by atoms with Crippen LogP contribution in [0.1, 0.15) is 0 Å². The summed E-state index contributed by atoms with van der Waals surface area (Å²) in [6.45, 7) is 0. The maximum atomic E-state index is 12.5. The number of fused-ring (bicyclic) bond motifs is 1. The van der Waals surface area contributed by atoms with E-state index in [-0.39, 0.29) is 5.56 Å². The first kappa shape index (κ1) is 11.5. The Morgan fingerprint density at radius 1 is 1.00 bits per heavy atom.